The van der Waals surface area contributed by atoms with Crippen LogP contribution in [0.5, 0.6) is 0 Å². The summed E-state index contributed by atoms with van der Waals surface area (Å²) in [6, 6.07) is 0.454. The van der Waals surface area contributed by atoms with Crippen LogP contribution >= 0.6 is 0 Å². The lowest BCUT2D eigenvalue weighted by molar-refractivity contribution is -0.134. The fourth-order valence-electron chi connectivity index (χ4n) is 3.56. The number of carbonyl (C=O) groups excluding carboxylic acids is 1. The van der Waals surface area contributed by atoms with Gasteiger partial charge in [0.05, 0.1) is 5.41 Å². The highest BCUT2D eigenvalue weighted by molar-refractivity contribution is 5.83. The van der Waals surface area contributed by atoms with Crippen molar-refractivity contribution in [3.05, 3.63) is 0 Å². The molecule has 2 N–H and O–H groups in total. The quantitative estimate of drug-likeness (QED) is 0.807. The molecule has 0 aromatic heterocycles. The number of piperidine rings is 1. The van der Waals surface area contributed by atoms with Gasteiger partial charge in [-0.3, -0.25) is 4.79 Å². The number of carbonyl (C=O) groups is 1. The molecule has 1 amide bonds. The average Bonchev–Trinajstić information content (AvgIpc) is 2.41. The highest BCUT2D eigenvalue weighted by atomic mass is 16.2. The Bertz CT molecular complexity index is 260. The third kappa shape index (κ3) is 3.25. The van der Waals surface area contributed by atoms with Crippen LogP contribution in [0.3, 0.4) is 0 Å². The number of hydrogen-bond donors (Lipinski definition) is 2. The SMILES string of the molecule is CCCC1(C(=O)NC2CCCCC2)CCNCC1. The van der Waals surface area contributed by atoms with E-state index in [2.05, 4.69) is 17.6 Å². The Labute approximate surface area is 111 Å². The van der Waals surface area contributed by atoms with Crippen LogP contribution in [-0.2, 0) is 4.79 Å². The number of rotatable bonds is 4. The van der Waals surface area contributed by atoms with Crippen LogP contribution < -0.4 is 10.6 Å². The van der Waals surface area contributed by atoms with E-state index in [1.165, 1.54) is 32.1 Å². The summed E-state index contributed by atoms with van der Waals surface area (Å²) in [6.45, 7) is 4.19. The summed E-state index contributed by atoms with van der Waals surface area (Å²) in [6.07, 6.45) is 10.5. The lowest BCUT2D eigenvalue weighted by Crippen LogP contribution is -2.50. The third-order valence-corrected chi connectivity index (χ3v) is 4.71. The molecule has 0 unspecified atom stereocenters. The van der Waals surface area contributed by atoms with Crippen LogP contribution in [0, 0.1) is 5.41 Å². The van der Waals surface area contributed by atoms with Gasteiger partial charge >= 0.3 is 0 Å². The van der Waals surface area contributed by atoms with Gasteiger partial charge in [0.1, 0.15) is 0 Å². The molecule has 104 valence electrons. The van der Waals surface area contributed by atoms with Gasteiger partial charge in [0.2, 0.25) is 5.91 Å². The highest BCUT2D eigenvalue weighted by Crippen LogP contribution is 2.34. The fourth-order valence-corrected chi connectivity index (χ4v) is 3.56. The average molecular weight is 252 g/mol. The van der Waals surface area contributed by atoms with Crippen LogP contribution in [0.15, 0.2) is 0 Å². The second-order valence-corrected chi connectivity index (χ2v) is 6.09. The highest BCUT2D eigenvalue weighted by Gasteiger charge is 2.39. The second kappa shape index (κ2) is 6.55. The fraction of sp³-hybridized carbons (Fsp3) is 0.933. The molecule has 2 aliphatic rings. The first-order valence-corrected chi connectivity index (χ1v) is 7.78. The van der Waals surface area contributed by atoms with E-state index in [4.69, 9.17) is 0 Å². The predicted octanol–water partition coefficient (Wildman–Crippen LogP) is 2.61. The van der Waals surface area contributed by atoms with Crippen LogP contribution in [0.4, 0.5) is 0 Å². The Kier molecular flexibility index (Phi) is 5.04. The summed E-state index contributed by atoms with van der Waals surface area (Å²) in [4.78, 5) is 12.6. The molecular formula is C15H28N2O. The van der Waals surface area contributed by atoms with Gasteiger partial charge in [-0.25, -0.2) is 0 Å². The Morgan fingerprint density at radius 3 is 2.50 bits per heavy atom. The van der Waals surface area contributed by atoms with Gasteiger partial charge in [-0.15, -0.1) is 0 Å². The van der Waals surface area contributed by atoms with Gasteiger partial charge in [0.15, 0.2) is 0 Å². The van der Waals surface area contributed by atoms with Gasteiger partial charge < -0.3 is 10.6 Å². The zero-order valence-electron chi connectivity index (χ0n) is 11.8. The van der Waals surface area contributed by atoms with Crippen molar-refractivity contribution in [3.8, 4) is 0 Å². The topological polar surface area (TPSA) is 41.1 Å². The van der Waals surface area contributed by atoms with Crippen molar-refractivity contribution < 1.29 is 4.79 Å². The number of hydrogen-bond acceptors (Lipinski definition) is 2. The van der Waals surface area contributed by atoms with Crippen molar-refractivity contribution in [2.75, 3.05) is 13.1 Å². The Balaban J connectivity index is 1.94. The molecule has 1 saturated heterocycles. The Hall–Kier alpha value is -0.570. The maximum atomic E-state index is 12.6. The van der Waals surface area contributed by atoms with Crippen molar-refractivity contribution in [1.29, 1.82) is 0 Å². The smallest absolute Gasteiger partial charge is 0.226 e. The Morgan fingerprint density at radius 1 is 1.22 bits per heavy atom. The van der Waals surface area contributed by atoms with Gasteiger partial charge in [0, 0.05) is 6.04 Å². The van der Waals surface area contributed by atoms with Crippen LogP contribution in [0.1, 0.15) is 64.7 Å². The molecule has 1 aliphatic heterocycles. The molecule has 0 bridgehead atoms. The molecule has 18 heavy (non-hydrogen) atoms. The number of amides is 1. The maximum absolute atomic E-state index is 12.6. The van der Waals surface area contributed by atoms with Gasteiger partial charge in [-0.1, -0.05) is 32.6 Å². The first-order chi connectivity index (χ1) is 8.77. The van der Waals surface area contributed by atoms with Gasteiger partial charge in [-0.2, -0.15) is 0 Å². The van der Waals surface area contributed by atoms with E-state index >= 15 is 0 Å². The third-order valence-electron chi connectivity index (χ3n) is 4.71. The van der Waals surface area contributed by atoms with Crippen LogP contribution in [0.25, 0.3) is 0 Å². The minimum absolute atomic E-state index is 0.0720. The lowest BCUT2D eigenvalue weighted by atomic mass is 9.74. The molecule has 2 fully saturated rings. The summed E-state index contributed by atoms with van der Waals surface area (Å²) in [5.74, 6) is 0.345. The summed E-state index contributed by atoms with van der Waals surface area (Å²) in [5, 5.41) is 6.72. The Morgan fingerprint density at radius 2 is 1.89 bits per heavy atom. The van der Waals surface area contributed by atoms with Crippen molar-refractivity contribution in [2.45, 2.75) is 70.8 Å². The standard InChI is InChI=1S/C15H28N2O/c1-2-8-15(9-11-16-12-10-15)14(18)17-13-6-4-3-5-7-13/h13,16H,2-12H2,1H3,(H,17,18). The van der Waals surface area contributed by atoms with E-state index in [9.17, 15) is 4.79 Å². The van der Waals surface area contributed by atoms with Crippen molar-refractivity contribution in [2.24, 2.45) is 5.41 Å². The summed E-state index contributed by atoms with van der Waals surface area (Å²) in [5.41, 5.74) is -0.0720. The summed E-state index contributed by atoms with van der Waals surface area (Å²) < 4.78 is 0. The van der Waals surface area contributed by atoms with E-state index in [-0.39, 0.29) is 5.41 Å². The molecule has 0 aromatic rings. The van der Waals surface area contributed by atoms with E-state index in [0.717, 1.165) is 38.8 Å². The molecule has 2 rings (SSSR count). The normalized spacial score (nSPS) is 24.7. The van der Waals surface area contributed by atoms with Crippen LogP contribution in [0.2, 0.25) is 0 Å². The van der Waals surface area contributed by atoms with E-state index in [0.29, 0.717) is 11.9 Å². The first-order valence-electron chi connectivity index (χ1n) is 7.78. The van der Waals surface area contributed by atoms with Gasteiger partial charge in [0.25, 0.3) is 0 Å². The minimum atomic E-state index is -0.0720. The van der Waals surface area contributed by atoms with E-state index < -0.39 is 0 Å². The monoisotopic (exact) mass is 252 g/mol. The summed E-state index contributed by atoms with van der Waals surface area (Å²) >= 11 is 0. The van der Waals surface area contributed by atoms with Crippen molar-refractivity contribution in [3.63, 3.8) is 0 Å². The molecule has 1 aliphatic carbocycles. The molecule has 0 spiro atoms. The number of nitrogens with one attached hydrogen (secondary N) is 2. The molecule has 0 aromatic carbocycles. The van der Waals surface area contributed by atoms with E-state index in [1.54, 1.807) is 0 Å². The summed E-state index contributed by atoms with van der Waals surface area (Å²) in [7, 11) is 0. The molecular weight excluding hydrogens is 224 g/mol. The zero-order valence-corrected chi connectivity index (χ0v) is 11.8. The minimum Gasteiger partial charge on any atom is -0.353 e. The molecule has 3 nitrogen and oxygen atoms in total. The van der Waals surface area contributed by atoms with Crippen molar-refractivity contribution in [1.82, 2.24) is 10.6 Å². The molecule has 0 atom stereocenters. The van der Waals surface area contributed by atoms with Gasteiger partial charge in [-0.05, 0) is 45.2 Å². The molecule has 3 heteroatoms. The van der Waals surface area contributed by atoms with Crippen LogP contribution in [-0.4, -0.2) is 25.0 Å². The molecule has 1 saturated carbocycles. The largest absolute Gasteiger partial charge is 0.353 e. The second-order valence-electron chi connectivity index (χ2n) is 6.09. The zero-order chi connectivity index (χ0) is 12.8. The van der Waals surface area contributed by atoms with E-state index in [1.807, 2.05) is 0 Å². The lowest BCUT2D eigenvalue weighted by Gasteiger charge is -2.38. The first kappa shape index (κ1) is 13.9. The molecule has 1 heterocycles. The van der Waals surface area contributed by atoms with Crippen molar-refractivity contribution >= 4 is 5.91 Å². The predicted molar refractivity (Wildman–Crippen MR) is 74.5 cm³/mol. The maximum Gasteiger partial charge on any atom is 0.226 e. The molecule has 0 radical (unpaired) electrons.